The Balaban J connectivity index is 0.000000821. The fourth-order valence-electron chi connectivity index (χ4n) is 4.44. The summed E-state index contributed by atoms with van der Waals surface area (Å²) in [5.41, 5.74) is 15.4. The summed E-state index contributed by atoms with van der Waals surface area (Å²) < 4.78 is 31.7. The summed E-state index contributed by atoms with van der Waals surface area (Å²) in [4.78, 5) is 36.9. The van der Waals surface area contributed by atoms with E-state index in [1.165, 1.54) is 4.90 Å². The molecule has 0 aliphatic carbocycles. The summed E-state index contributed by atoms with van der Waals surface area (Å²) in [7, 11) is 1.66. The van der Waals surface area contributed by atoms with Crippen molar-refractivity contribution in [3.63, 3.8) is 0 Å². The minimum Gasteiger partial charge on any atom is -0.475 e. The Morgan fingerprint density at radius 1 is 0.860 bits per heavy atom. The van der Waals surface area contributed by atoms with Gasteiger partial charge >= 0.3 is 12.1 Å². The van der Waals surface area contributed by atoms with E-state index in [1.54, 1.807) is 7.05 Å². The number of hydrogen-bond acceptors (Lipinski definition) is 5. The molecule has 11 heteroatoms. The number of halogens is 3. The van der Waals surface area contributed by atoms with Gasteiger partial charge in [0.2, 0.25) is 11.8 Å². The number of carbonyl (C=O) groups is 3. The van der Waals surface area contributed by atoms with Gasteiger partial charge in [0.05, 0.1) is 6.04 Å². The number of carboxylic acids is 1. The monoisotopic (exact) mass is 600 g/mol. The second-order valence-corrected chi connectivity index (χ2v) is 9.95. The Labute approximate surface area is 249 Å². The van der Waals surface area contributed by atoms with Crippen LogP contribution in [0.5, 0.6) is 0 Å². The maximum Gasteiger partial charge on any atom is 0.490 e. The Morgan fingerprint density at radius 2 is 1.33 bits per heavy atom. The number of carbonyl (C=O) groups excluding carboxylic acids is 2. The van der Waals surface area contributed by atoms with Crippen molar-refractivity contribution in [2.75, 3.05) is 20.1 Å². The summed E-state index contributed by atoms with van der Waals surface area (Å²) in [6.45, 7) is 0.872. The molecule has 6 N–H and O–H groups in total. The fourth-order valence-corrected chi connectivity index (χ4v) is 4.44. The second kappa shape index (κ2) is 17.7. The van der Waals surface area contributed by atoms with Gasteiger partial charge in [-0.1, -0.05) is 91.0 Å². The third kappa shape index (κ3) is 11.9. The van der Waals surface area contributed by atoms with E-state index >= 15 is 0 Å². The third-order valence-electron chi connectivity index (χ3n) is 6.83. The lowest BCUT2D eigenvalue weighted by atomic mass is 9.91. The molecule has 0 fully saturated rings. The van der Waals surface area contributed by atoms with Crippen molar-refractivity contribution in [1.29, 1.82) is 0 Å². The Bertz CT molecular complexity index is 1220. The van der Waals surface area contributed by atoms with Crippen LogP contribution in [0.25, 0.3) is 0 Å². The number of nitrogens with one attached hydrogen (secondary N) is 1. The maximum absolute atomic E-state index is 13.4. The van der Waals surface area contributed by atoms with Crippen molar-refractivity contribution in [2.45, 2.75) is 49.9 Å². The number of nitrogens with zero attached hydrogens (tertiary/aromatic N) is 1. The number of aryl methyl sites for hydroxylation is 1. The molecule has 0 aliphatic heterocycles. The molecule has 3 rings (SSSR count). The van der Waals surface area contributed by atoms with Crippen molar-refractivity contribution < 1.29 is 32.7 Å². The molecule has 0 saturated heterocycles. The molecule has 0 spiro atoms. The molecule has 43 heavy (non-hydrogen) atoms. The van der Waals surface area contributed by atoms with Crippen LogP contribution >= 0.6 is 0 Å². The average Bonchev–Trinajstić information content (AvgIpc) is 3.01. The lowest BCUT2D eigenvalue weighted by Crippen LogP contribution is -2.53. The largest absolute Gasteiger partial charge is 0.490 e. The van der Waals surface area contributed by atoms with Crippen LogP contribution < -0.4 is 16.8 Å². The Kier molecular flexibility index (Phi) is 14.4. The minimum absolute atomic E-state index is 0.000598. The van der Waals surface area contributed by atoms with Gasteiger partial charge in [0.15, 0.2) is 0 Å². The number of aliphatic carboxylic acids is 1. The number of likely N-dealkylation sites (N-methyl/N-ethyl adjacent to an activating group) is 1. The van der Waals surface area contributed by atoms with Crippen LogP contribution in [-0.2, 0) is 20.8 Å². The van der Waals surface area contributed by atoms with E-state index in [0.29, 0.717) is 38.8 Å². The lowest BCUT2D eigenvalue weighted by Gasteiger charge is -2.30. The predicted molar refractivity (Wildman–Crippen MR) is 159 cm³/mol. The first kappa shape index (κ1) is 35.0. The topological polar surface area (TPSA) is 139 Å². The molecular formula is C32H39F3N4O4. The zero-order chi connectivity index (χ0) is 31.8. The normalized spacial score (nSPS) is 12.4. The predicted octanol–water partition coefficient (Wildman–Crippen LogP) is 4.09. The van der Waals surface area contributed by atoms with Gasteiger partial charge in [-0.2, -0.15) is 13.2 Å². The standard InChI is InChI=1S/C30H38N4O2.C2HF3O2/c1-34(30(36)27(32)20-19-23-12-5-2-6-13-23)28(18-11-21-31)29(35)33-22-26(24-14-7-3-8-15-24)25-16-9-4-10-17-25;3-2(4,5)1(6)7/h2-10,12-17,26-28H,11,18-22,31-32H2,1H3,(H,33,35);(H,6,7)/t27-,28-;/m0./s1. The molecule has 3 aromatic rings. The molecule has 0 aromatic heterocycles. The van der Waals surface area contributed by atoms with E-state index in [0.717, 1.165) is 16.7 Å². The van der Waals surface area contributed by atoms with Crippen LogP contribution in [0, 0.1) is 0 Å². The molecule has 232 valence electrons. The van der Waals surface area contributed by atoms with Crippen molar-refractivity contribution in [2.24, 2.45) is 11.5 Å². The molecule has 0 unspecified atom stereocenters. The first-order valence-corrected chi connectivity index (χ1v) is 13.9. The molecule has 0 heterocycles. The van der Waals surface area contributed by atoms with Crippen LogP contribution in [0.2, 0.25) is 0 Å². The van der Waals surface area contributed by atoms with Crippen molar-refractivity contribution >= 4 is 17.8 Å². The van der Waals surface area contributed by atoms with Crippen molar-refractivity contribution in [1.82, 2.24) is 10.2 Å². The highest BCUT2D eigenvalue weighted by molar-refractivity contribution is 5.89. The SMILES string of the molecule is CN(C(=O)[C@@H](N)CCc1ccccc1)[C@@H](CCCN)C(=O)NCC(c1ccccc1)c1ccccc1.O=C(O)C(F)(F)F. The summed E-state index contributed by atoms with van der Waals surface area (Å²) in [6.07, 6.45) is -2.74. The minimum atomic E-state index is -5.08. The maximum atomic E-state index is 13.4. The highest BCUT2D eigenvalue weighted by atomic mass is 19.4. The highest BCUT2D eigenvalue weighted by Crippen LogP contribution is 2.24. The molecule has 2 amide bonds. The summed E-state index contributed by atoms with van der Waals surface area (Å²) in [6, 6.07) is 28.9. The molecule has 0 bridgehead atoms. The van der Waals surface area contributed by atoms with Gasteiger partial charge < -0.3 is 26.8 Å². The number of alkyl halides is 3. The van der Waals surface area contributed by atoms with E-state index < -0.39 is 24.2 Å². The van der Waals surface area contributed by atoms with Crippen LogP contribution in [0.1, 0.15) is 41.9 Å². The van der Waals surface area contributed by atoms with Gasteiger partial charge in [0.1, 0.15) is 6.04 Å². The van der Waals surface area contributed by atoms with Crippen LogP contribution in [0.4, 0.5) is 13.2 Å². The number of benzene rings is 3. The number of amides is 2. The van der Waals surface area contributed by atoms with E-state index in [-0.39, 0.29) is 17.7 Å². The molecule has 0 saturated carbocycles. The van der Waals surface area contributed by atoms with E-state index in [9.17, 15) is 22.8 Å². The molecule has 0 aliphatic rings. The second-order valence-electron chi connectivity index (χ2n) is 9.95. The Morgan fingerprint density at radius 3 is 1.77 bits per heavy atom. The fraction of sp³-hybridized carbons (Fsp3) is 0.344. The number of carboxylic acid groups (broad SMARTS) is 1. The van der Waals surface area contributed by atoms with E-state index in [4.69, 9.17) is 21.4 Å². The summed E-state index contributed by atoms with van der Waals surface area (Å²) in [5, 5.41) is 10.2. The molecule has 0 radical (unpaired) electrons. The van der Waals surface area contributed by atoms with Crippen molar-refractivity contribution in [3.8, 4) is 0 Å². The van der Waals surface area contributed by atoms with E-state index in [1.807, 2.05) is 66.7 Å². The number of nitrogens with two attached hydrogens (primary N) is 2. The first-order valence-electron chi connectivity index (χ1n) is 13.9. The quantitative estimate of drug-likeness (QED) is 0.233. The van der Waals surface area contributed by atoms with Gasteiger partial charge in [-0.25, -0.2) is 4.79 Å². The van der Waals surface area contributed by atoms with Crippen LogP contribution in [0.15, 0.2) is 91.0 Å². The molecule has 2 atom stereocenters. The molecule has 8 nitrogen and oxygen atoms in total. The van der Waals surface area contributed by atoms with E-state index in [2.05, 4.69) is 29.6 Å². The first-order chi connectivity index (χ1) is 20.5. The summed E-state index contributed by atoms with van der Waals surface area (Å²) in [5.74, 6) is -3.18. The van der Waals surface area contributed by atoms with Crippen LogP contribution in [0.3, 0.4) is 0 Å². The van der Waals surface area contributed by atoms with Gasteiger partial charge in [-0.15, -0.1) is 0 Å². The summed E-state index contributed by atoms with van der Waals surface area (Å²) >= 11 is 0. The Hall–Kier alpha value is -4.22. The van der Waals surface area contributed by atoms with Gasteiger partial charge in [0, 0.05) is 19.5 Å². The van der Waals surface area contributed by atoms with Gasteiger partial charge in [-0.05, 0) is 48.9 Å². The molecule has 3 aromatic carbocycles. The zero-order valence-corrected chi connectivity index (χ0v) is 24.0. The smallest absolute Gasteiger partial charge is 0.475 e. The van der Waals surface area contributed by atoms with Gasteiger partial charge in [0.25, 0.3) is 0 Å². The van der Waals surface area contributed by atoms with Crippen molar-refractivity contribution in [3.05, 3.63) is 108 Å². The van der Waals surface area contributed by atoms with Gasteiger partial charge in [-0.3, -0.25) is 9.59 Å². The number of hydrogen-bond donors (Lipinski definition) is 4. The highest BCUT2D eigenvalue weighted by Gasteiger charge is 2.38. The zero-order valence-electron chi connectivity index (χ0n) is 24.0. The van der Waals surface area contributed by atoms with Crippen LogP contribution in [-0.4, -0.2) is 66.2 Å². The molecular weight excluding hydrogens is 561 g/mol. The third-order valence-corrected chi connectivity index (χ3v) is 6.83. The lowest BCUT2D eigenvalue weighted by molar-refractivity contribution is -0.192. The average molecular weight is 601 g/mol. The number of rotatable bonds is 13.